The van der Waals surface area contributed by atoms with E-state index in [1.165, 1.54) is 0 Å². The van der Waals surface area contributed by atoms with Crippen molar-refractivity contribution in [3.8, 4) is 0 Å². The fourth-order valence-corrected chi connectivity index (χ4v) is 4.38. The highest BCUT2D eigenvalue weighted by molar-refractivity contribution is 7.89. The molecule has 0 spiro atoms. The van der Waals surface area contributed by atoms with E-state index >= 15 is 0 Å². The molecule has 0 atom stereocenters. The summed E-state index contributed by atoms with van der Waals surface area (Å²) >= 11 is 6.17. The SMILES string of the molecule is CC(C)(CO)NCCCCCCNS(=O)(=O)c1cccc2c(Cl)cccc12. The maximum absolute atomic E-state index is 12.6. The third kappa shape index (κ3) is 6.43. The second-order valence-electron chi connectivity index (χ2n) is 7.37. The van der Waals surface area contributed by atoms with E-state index in [9.17, 15) is 13.5 Å². The zero-order chi connectivity index (χ0) is 19.9. The highest BCUT2D eigenvalue weighted by Crippen LogP contribution is 2.28. The fraction of sp³-hybridized carbons (Fsp3) is 0.500. The van der Waals surface area contributed by atoms with Crippen LogP contribution < -0.4 is 10.0 Å². The van der Waals surface area contributed by atoms with Crippen molar-refractivity contribution < 1.29 is 13.5 Å². The lowest BCUT2D eigenvalue weighted by Crippen LogP contribution is -2.43. The number of unbranched alkanes of at least 4 members (excludes halogenated alkanes) is 3. The third-order valence-electron chi connectivity index (χ3n) is 4.51. The smallest absolute Gasteiger partial charge is 0.241 e. The molecule has 2 rings (SSSR count). The van der Waals surface area contributed by atoms with Crippen LogP contribution in [0.3, 0.4) is 0 Å². The maximum Gasteiger partial charge on any atom is 0.241 e. The second-order valence-corrected chi connectivity index (χ2v) is 9.51. The first-order valence-electron chi connectivity index (χ1n) is 9.30. The quantitative estimate of drug-likeness (QED) is 0.492. The summed E-state index contributed by atoms with van der Waals surface area (Å²) < 4.78 is 28.0. The zero-order valence-corrected chi connectivity index (χ0v) is 17.5. The lowest BCUT2D eigenvalue weighted by molar-refractivity contribution is 0.188. The largest absolute Gasteiger partial charge is 0.394 e. The Bertz CT molecular complexity index is 853. The predicted molar refractivity (Wildman–Crippen MR) is 112 cm³/mol. The van der Waals surface area contributed by atoms with Crippen LogP contribution >= 0.6 is 11.6 Å². The molecule has 0 heterocycles. The molecule has 27 heavy (non-hydrogen) atoms. The van der Waals surface area contributed by atoms with Crippen molar-refractivity contribution in [3.05, 3.63) is 41.4 Å². The van der Waals surface area contributed by atoms with Gasteiger partial charge in [0.2, 0.25) is 10.0 Å². The summed E-state index contributed by atoms with van der Waals surface area (Å²) in [5.41, 5.74) is -0.253. The molecule has 150 valence electrons. The molecule has 0 saturated heterocycles. The molecule has 0 aliphatic carbocycles. The number of fused-ring (bicyclic) bond motifs is 1. The van der Waals surface area contributed by atoms with Crippen molar-refractivity contribution in [1.82, 2.24) is 10.0 Å². The topological polar surface area (TPSA) is 78.4 Å². The lowest BCUT2D eigenvalue weighted by atomic mass is 10.1. The number of aliphatic hydroxyl groups is 1. The van der Waals surface area contributed by atoms with Gasteiger partial charge < -0.3 is 10.4 Å². The molecule has 3 N–H and O–H groups in total. The summed E-state index contributed by atoms with van der Waals surface area (Å²) in [5, 5.41) is 14.4. The van der Waals surface area contributed by atoms with E-state index < -0.39 is 10.0 Å². The van der Waals surface area contributed by atoms with Gasteiger partial charge in [0.25, 0.3) is 0 Å². The van der Waals surface area contributed by atoms with E-state index in [2.05, 4.69) is 10.0 Å². The number of halogens is 1. The van der Waals surface area contributed by atoms with Crippen LogP contribution in [0.15, 0.2) is 41.3 Å². The minimum absolute atomic E-state index is 0.105. The predicted octanol–water partition coefficient (Wildman–Crippen LogP) is 3.69. The number of benzene rings is 2. The van der Waals surface area contributed by atoms with E-state index in [1.54, 1.807) is 30.3 Å². The number of sulfonamides is 1. The van der Waals surface area contributed by atoms with Gasteiger partial charge in [-0.2, -0.15) is 0 Å². The van der Waals surface area contributed by atoms with E-state index in [0.29, 0.717) is 17.0 Å². The molecule has 2 aromatic rings. The Labute approximate surface area is 167 Å². The third-order valence-corrected chi connectivity index (χ3v) is 6.36. The molecule has 0 amide bonds. The van der Waals surface area contributed by atoms with Gasteiger partial charge in [-0.15, -0.1) is 0 Å². The van der Waals surface area contributed by atoms with Crippen molar-refractivity contribution >= 4 is 32.4 Å². The Morgan fingerprint density at radius 3 is 2.30 bits per heavy atom. The van der Waals surface area contributed by atoms with Gasteiger partial charge in [-0.25, -0.2) is 13.1 Å². The average Bonchev–Trinajstić information content (AvgIpc) is 2.63. The monoisotopic (exact) mass is 412 g/mol. The first-order chi connectivity index (χ1) is 12.8. The summed E-state index contributed by atoms with van der Waals surface area (Å²) in [7, 11) is -3.57. The standard InChI is InChI=1S/C20H29ClN2O3S/c1-20(2,15-24)22-13-5-3-4-6-14-23-27(25,26)19-12-8-9-16-17(19)10-7-11-18(16)21/h7-12,22-24H,3-6,13-15H2,1-2H3. The number of nitrogens with one attached hydrogen (secondary N) is 2. The minimum Gasteiger partial charge on any atom is -0.394 e. The second kappa shape index (κ2) is 9.85. The Hall–Kier alpha value is -1.18. The summed E-state index contributed by atoms with van der Waals surface area (Å²) in [6.07, 6.45) is 3.75. The van der Waals surface area contributed by atoms with Gasteiger partial charge in [-0.1, -0.05) is 48.7 Å². The van der Waals surface area contributed by atoms with Gasteiger partial charge in [0.15, 0.2) is 0 Å². The summed E-state index contributed by atoms with van der Waals surface area (Å²) in [5.74, 6) is 0. The van der Waals surface area contributed by atoms with E-state index in [0.717, 1.165) is 37.6 Å². The Kier molecular flexibility index (Phi) is 8.06. The molecule has 0 aliphatic heterocycles. The molecule has 0 aliphatic rings. The van der Waals surface area contributed by atoms with Crippen LogP contribution in [-0.2, 0) is 10.0 Å². The number of rotatable bonds is 11. The molecule has 5 nitrogen and oxygen atoms in total. The van der Waals surface area contributed by atoms with Crippen LogP contribution in [0.5, 0.6) is 0 Å². The van der Waals surface area contributed by atoms with Crippen molar-refractivity contribution in [2.24, 2.45) is 0 Å². The van der Waals surface area contributed by atoms with Gasteiger partial charge in [0.05, 0.1) is 11.5 Å². The van der Waals surface area contributed by atoms with Gasteiger partial charge in [-0.05, 0) is 45.4 Å². The lowest BCUT2D eigenvalue weighted by Gasteiger charge is -2.23. The molecule has 0 bridgehead atoms. The molecular weight excluding hydrogens is 384 g/mol. The molecule has 0 unspecified atom stereocenters. The number of hydrogen-bond acceptors (Lipinski definition) is 4. The van der Waals surface area contributed by atoms with E-state index in [-0.39, 0.29) is 17.0 Å². The highest BCUT2D eigenvalue weighted by atomic mass is 35.5. The summed E-state index contributed by atoms with van der Waals surface area (Å²) in [6.45, 7) is 5.28. The number of aliphatic hydroxyl groups excluding tert-OH is 1. The van der Waals surface area contributed by atoms with Crippen LogP contribution in [0.4, 0.5) is 0 Å². The Morgan fingerprint density at radius 2 is 1.59 bits per heavy atom. The highest BCUT2D eigenvalue weighted by Gasteiger charge is 2.17. The molecule has 2 aromatic carbocycles. The van der Waals surface area contributed by atoms with Crippen LogP contribution in [0.25, 0.3) is 10.8 Å². The van der Waals surface area contributed by atoms with E-state index in [4.69, 9.17) is 11.6 Å². The Morgan fingerprint density at radius 1 is 0.963 bits per heavy atom. The van der Waals surface area contributed by atoms with Crippen molar-refractivity contribution in [3.63, 3.8) is 0 Å². The normalized spacial score (nSPS) is 12.6. The van der Waals surface area contributed by atoms with Gasteiger partial charge >= 0.3 is 0 Å². The number of hydrogen-bond donors (Lipinski definition) is 3. The average molecular weight is 413 g/mol. The van der Waals surface area contributed by atoms with Gasteiger partial charge in [0, 0.05) is 27.9 Å². The van der Waals surface area contributed by atoms with Crippen molar-refractivity contribution in [2.45, 2.75) is 50.0 Å². The van der Waals surface area contributed by atoms with Crippen LogP contribution in [-0.4, -0.2) is 38.8 Å². The minimum atomic E-state index is -3.57. The molecule has 0 radical (unpaired) electrons. The van der Waals surface area contributed by atoms with E-state index in [1.807, 2.05) is 19.9 Å². The zero-order valence-electron chi connectivity index (χ0n) is 16.0. The maximum atomic E-state index is 12.6. The van der Waals surface area contributed by atoms with Crippen molar-refractivity contribution in [2.75, 3.05) is 19.7 Å². The fourth-order valence-electron chi connectivity index (χ4n) is 2.85. The summed E-state index contributed by atoms with van der Waals surface area (Å²) in [4.78, 5) is 0.262. The molecular formula is C20H29ClN2O3S. The van der Waals surface area contributed by atoms with Gasteiger partial charge in [0.1, 0.15) is 0 Å². The van der Waals surface area contributed by atoms with Crippen molar-refractivity contribution in [1.29, 1.82) is 0 Å². The molecule has 0 aromatic heterocycles. The molecule has 0 fully saturated rings. The van der Waals surface area contributed by atoms with Crippen LogP contribution in [0.2, 0.25) is 5.02 Å². The van der Waals surface area contributed by atoms with Crippen LogP contribution in [0.1, 0.15) is 39.5 Å². The summed E-state index contributed by atoms with van der Waals surface area (Å²) in [6, 6.07) is 10.4. The molecule has 7 heteroatoms. The Balaban J connectivity index is 1.80. The molecule has 0 saturated carbocycles. The van der Waals surface area contributed by atoms with Crippen LogP contribution in [0, 0.1) is 0 Å². The first kappa shape index (κ1) is 22.1. The van der Waals surface area contributed by atoms with Gasteiger partial charge in [-0.3, -0.25) is 0 Å². The first-order valence-corrected chi connectivity index (χ1v) is 11.2.